The van der Waals surface area contributed by atoms with E-state index in [4.69, 9.17) is 14.2 Å². The molecule has 1 unspecified atom stereocenters. The summed E-state index contributed by atoms with van der Waals surface area (Å²) in [4.78, 5) is 24.3. The van der Waals surface area contributed by atoms with Crippen LogP contribution >= 0.6 is 0 Å². The molecule has 156 valence electrons. The molecule has 0 aromatic heterocycles. The maximum atomic E-state index is 13.1. The standard InChI is InChI=1S/C22H26FNO5/c1-3-28-22(26)15-20(16-7-4-9-18(13-16)27-2)24-21(25)11-6-12-29-19-10-5-8-17(23)14-19/h4-5,7-10,13-14,20H,3,6,11-12,15H2,1-2H3,(H,24,25). The summed E-state index contributed by atoms with van der Waals surface area (Å²) in [5.74, 6) is 0.0661. The number of hydrogen-bond acceptors (Lipinski definition) is 5. The Labute approximate surface area is 170 Å². The zero-order valence-electron chi connectivity index (χ0n) is 16.7. The number of nitrogens with one attached hydrogen (secondary N) is 1. The Balaban J connectivity index is 1.90. The molecule has 6 nitrogen and oxygen atoms in total. The smallest absolute Gasteiger partial charge is 0.308 e. The third-order valence-corrected chi connectivity index (χ3v) is 4.12. The van der Waals surface area contributed by atoms with Crippen LogP contribution in [0.15, 0.2) is 48.5 Å². The van der Waals surface area contributed by atoms with E-state index in [1.165, 1.54) is 12.1 Å². The lowest BCUT2D eigenvalue weighted by Gasteiger charge is -2.19. The van der Waals surface area contributed by atoms with Gasteiger partial charge in [0.2, 0.25) is 5.91 Å². The van der Waals surface area contributed by atoms with Crippen molar-refractivity contribution in [1.29, 1.82) is 0 Å². The van der Waals surface area contributed by atoms with E-state index in [1.54, 1.807) is 44.4 Å². The highest BCUT2D eigenvalue weighted by Gasteiger charge is 2.19. The topological polar surface area (TPSA) is 73.9 Å². The fraction of sp³-hybridized carbons (Fsp3) is 0.364. The lowest BCUT2D eigenvalue weighted by molar-refractivity contribution is -0.143. The molecular weight excluding hydrogens is 377 g/mol. The van der Waals surface area contributed by atoms with Crippen molar-refractivity contribution in [3.05, 3.63) is 59.9 Å². The number of ether oxygens (including phenoxy) is 3. The Bertz CT molecular complexity index is 811. The van der Waals surface area contributed by atoms with Crippen molar-refractivity contribution in [3.8, 4) is 11.5 Å². The van der Waals surface area contributed by atoms with Gasteiger partial charge in [0.15, 0.2) is 0 Å². The average molecular weight is 403 g/mol. The highest BCUT2D eigenvalue weighted by atomic mass is 19.1. The first kappa shape index (κ1) is 22.2. The van der Waals surface area contributed by atoms with Crippen LogP contribution in [-0.4, -0.2) is 32.2 Å². The van der Waals surface area contributed by atoms with Crippen LogP contribution in [0.4, 0.5) is 4.39 Å². The third-order valence-electron chi connectivity index (χ3n) is 4.12. The number of amides is 1. The highest BCUT2D eigenvalue weighted by Crippen LogP contribution is 2.22. The number of rotatable bonds is 11. The first-order chi connectivity index (χ1) is 14.0. The Kier molecular flexibility index (Phi) is 8.95. The summed E-state index contributed by atoms with van der Waals surface area (Å²) in [6.07, 6.45) is 0.678. The molecular formula is C22H26FNO5. The molecule has 0 bridgehead atoms. The minimum Gasteiger partial charge on any atom is -0.497 e. The van der Waals surface area contributed by atoms with Crippen molar-refractivity contribution >= 4 is 11.9 Å². The molecule has 2 aromatic rings. The van der Waals surface area contributed by atoms with Gasteiger partial charge in [-0.25, -0.2) is 4.39 Å². The molecule has 1 amide bonds. The van der Waals surface area contributed by atoms with Gasteiger partial charge in [0.1, 0.15) is 17.3 Å². The quantitative estimate of drug-likeness (QED) is 0.456. The predicted molar refractivity (Wildman–Crippen MR) is 106 cm³/mol. The number of benzene rings is 2. The Morgan fingerprint density at radius 3 is 2.59 bits per heavy atom. The average Bonchev–Trinajstić information content (AvgIpc) is 2.71. The van der Waals surface area contributed by atoms with Crippen molar-refractivity contribution in [2.45, 2.75) is 32.2 Å². The molecule has 0 heterocycles. The van der Waals surface area contributed by atoms with Crippen LogP contribution < -0.4 is 14.8 Å². The summed E-state index contributed by atoms with van der Waals surface area (Å²) in [6, 6.07) is 12.5. The third kappa shape index (κ3) is 7.81. The minimum absolute atomic E-state index is 0.0204. The lowest BCUT2D eigenvalue weighted by atomic mass is 10.0. The largest absolute Gasteiger partial charge is 0.497 e. The van der Waals surface area contributed by atoms with Gasteiger partial charge in [-0.1, -0.05) is 18.2 Å². The van der Waals surface area contributed by atoms with Crippen molar-refractivity contribution < 1.29 is 28.2 Å². The van der Waals surface area contributed by atoms with Gasteiger partial charge in [-0.3, -0.25) is 9.59 Å². The minimum atomic E-state index is -0.527. The molecule has 0 aliphatic heterocycles. The van der Waals surface area contributed by atoms with E-state index in [9.17, 15) is 14.0 Å². The van der Waals surface area contributed by atoms with E-state index in [0.29, 0.717) is 17.9 Å². The number of hydrogen-bond donors (Lipinski definition) is 1. The molecule has 0 aliphatic rings. The summed E-state index contributed by atoms with van der Waals surface area (Å²) in [6.45, 7) is 2.28. The monoisotopic (exact) mass is 403 g/mol. The predicted octanol–water partition coefficient (Wildman–Crippen LogP) is 3.80. The normalized spacial score (nSPS) is 11.4. The molecule has 7 heteroatoms. The second kappa shape index (κ2) is 11.7. The van der Waals surface area contributed by atoms with Crippen molar-refractivity contribution in [3.63, 3.8) is 0 Å². The highest BCUT2D eigenvalue weighted by molar-refractivity contribution is 5.78. The van der Waals surface area contributed by atoms with Crippen LogP contribution in [0.5, 0.6) is 11.5 Å². The van der Waals surface area contributed by atoms with E-state index in [2.05, 4.69) is 5.32 Å². The van der Waals surface area contributed by atoms with Gasteiger partial charge in [0.05, 0.1) is 32.8 Å². The molecule has 0 radical (unpaired) electrons. The first-order valence-electron chi connectivity index (χ1n) is 9.49. The van der Waals surface area contributed by atoms with E-state index >= 15 is 0 Å². The van der Waals surface area contributed by atoms with Crippen LogP contribution in [0, 0.1) is 5.82 Å². The molecule has 29 heavy (non-hydrogen) atoms. The second-order valence-corrected chi connectivity index (χ2v) is 6.32. The van der Waals surface area contributed by atoms with Crippen molar-refractivity contribution in [2.24, 2.45) is 0 Å². The van der Waals surface area contributed by atoms with Gasteiger partial charge in [-0.05, 0) is 43.2 Å². The first-order valence-corrected chi connectivity index (χ1v) is 9.49. The fourth-order valence-corrected chi connectivity index (χ4v) is 2.74. The molecule has 0 spiro atoms. The number of carbonyl (C=O) groups is 2. The summed E-state index contributed by atoms with van der Waals surface area (Å²) in [5, 5.41) is 2.87. The van der Waals surface area contributed by atoms with Crippen molar-refractivity contribution in [2.75, 3.05) is 20.3 Å². The van der Waals surface area contributed by atoms with Gasteiger partial charge in [-0.15, -0.1) is 0 Å². The van der Waals surface area contributed by atoms with E-state index in [0.717, 1.165) is 5.56 Å². The van der Waals surface area contributed by atoms with Crippen LogP contribution in [-0.2, 0) is 14.3 Å². The summed E-state index contributed by atoms with van der Waals surface area (Å²) < 4.78 is 28.8. The number of halogens is 1. The zero-order chi connectivity index (χ0) is 21.1. The molecule has 2 rings (SSSR count). The fourth-order valence-electron chi connectivity index (χ4n) is 2.74. The van der Waals surface area contributed by atoms with Gasteiger partial charge in [0, 0.05) is 12.5 Å². The molecule has 0 saturated heterocycles. The molecule has 0 saturated carbocycles. The van der Waals surface area contributed by atoms with Crippen LogP contribution in [0.2, 0.25) is 0 Å². The molecule has 0 fully saturated rings. The van der Waals surface area contributed by atoms with Crippen LogP contribution in [0.1, 0.15) is 37.8 Å². The maximum absolute atomic E-state index is 13.1. The van der Waals surface area contributed by atoms with Gasteiger partial charge < -0.3 is 19.5 Å². The summed E-state index contributed by atoms with van der Waals surface area (Å²) >= 11 is 0. The Morgan fingerprint density at radius 2 is 1.86 bits per heavy atom. The number of carbonyl (C=O) groups excluding carboxylic acids is 2. The van der Waals surface area contributed by atoms with Gasteiger partial charge >= 0.3 is 5.97 Å². The van der Waals surface area contributed by atoms with Crippen molar-refractivity contribution in [1.82, 2.24) is 5.32 Å². The number of methoxy groups -OCH3 is 1. The van der Waals surface area contributed by atoms with E-state index in [-0.39, 0.29) is 37.8 Å². The zero-order valence-corrected chi connectivity index (χ0v) is 16.7. The van der Waals surface area contributed by atoms with Gasteiger partial charge in [0.25, 0.3) is 0 Å². The molecule has 0 aliphatic carbocycles. The van der Waals surface area contributed by atoms with Gasteiger partial charge in [-0.2, -0.15) is 0 Å². The van der Waals surface area contributed by atoms with Crippen LogP contribution in [0.25, 0.3) is 0 Å². The number of esters is 1. The SMILES string of the molecule is CCOC(=O)CC(NC(=O)CCCOc1cccc(F)c1)c1cccc(OC)c1. The second-order valence-electron chi connectivity index (χ2n) is 6.32. The summed E-state index contributed by atoms with van der Waals surface area (Å²) in [7, 11) is 1.55. The molecule has 1 atom stereocenters. The molecule has 1 N–H and O–H groups in total. The summed E-state index contributed by atoms with van der Waals surface area (Å²) in [5.41, 5.74) is 0.752. The molecule has 2 aromatic carbocycles. The van der Waals surface area contributed by atoms with E-state index in [1.807, 2.05) is 6.07 Å². The van der Waals surface area contributed by atoms with Crippen LogP contribution in [0.3, 0.4) is 0 Å². The maximum Gasteiger partial charge on any atom is 0.308 e. The lowest BCUT2D eigenvalue weighted by Crippen LogP contribution is -2.30. The Morgan fingerprint density at radius 1 is 1.10 bits per heavy atom. The van der Waals surface area contributed by atoms with E-state index < -0.39 is 12.0 Å². The Hall–Kier alpha value is -3.09.